The van der Waals surface area contributed by atoms with Gasteiger partial charge < -0.3 is 15.1 Å². The van der Waals surface area contributed by atoms with Crippen LogP contribution in [-0.4, -0.2) is 45.4 Å². The maximum absolute atomic E-state index is 13.0. The number of carbonyl (C=O) groups excluding carboxylic acids is 1. The molecule has 4 heterocycles. The number of hydrogen-bond acceptors (Lipinski definition) is 6. The second kappa shape index (κ2) is 7.11. The molecule has 1 N–H and O–H groups in total. The Balaban J connectivity index is 1.33. The van der Waals surface area contributed by atoms with Crippen molar-refractivity contribution in [1.29, 1.82) is 5.26 Å². The van der Waals surface area contributed by atoms with Crippen LogP contribution >= 0.6 is 0 Å². The van der Waals surface area contributed by atoms with E-state index in [0.29, 0.717) is 24.2 Å². The normalized spacial score (nSPS) is 24.3. The fourth-order valence-electron chi connectivity index (χ4n) is 4.94. The number of amides is 1. The van der Waals surface area contributed by atoms with Gasteiger partial charge in [-0.2, -0.15) is 18.4 Å². The first-order chi connectivity index (χ1) is 14.8. The van der Waals surface area contributed by atoms with Crippen LogP contribution in [-0.2, 0) is 12.6 Å². The number of hydrogen-bond donors (Lipinski definition) is 1. The zero-order valence-electron chi connectivity index (χ0n) is 16.4. The van der Waals surface area contributed by atoms with E-state index in [0.717, 1.165) is 37.1 Å². The number of nitrogens with zero attached hydrogens (tertiary/aromatic N) is 5. The Hall–Kier alpha value is -3.35. The number of benzene rings is 1. The van der Waals surface area contributed by atoms with Gasteiger partial charge in [0.25, 0.3) is 5.91 Å². The molecule has 0 aliphatic carbocycles. The minimum atomic E-state index is -4.54. The molecule has 0 spiro atoms. The molecule has 0 radical (unpaired) electrons. The van der Waals surface area contributed by atoms with Crippen molar-refractivity contribution < 1.29 is 18.0 Å². The van der Waals surface area contributed by atoms with E-state index in [-0.39, 0.29) is 30.0 Å². The smallest absolute Gasteiger partial charge is 0.347 e. The molecule has 10 heteroatoms. The molecule has 1 aromatic carbocycles. The van der Waals surface area contributed by atoms with Crippen molar-refractivity contribution in [1.82, 2.24) is 20.2 Å². The summed E-state index contributed by atoms with van der Waals surface area (Å²) in [5.74, 6) is -0.212. The molecule has 3 aliphatic heterocycles. The van der Waals surface area contributed by atoms with E-state index in [1.165, 1.54) is 0 Å². The molecular weight excluding hydrogens is 409 g/mol. The summed E-state index contributed by atoms with van der Waals surface area (Å²) >= 11 is 0. The molecule has 3 unspecified atom stereocenters. The highest BCUT2D eigenvalue weighted by atomic mass is 19.4. The van der Waals surface area contributed by atoms with Gasteiger partial charge in [-0.05, 0) is 55.5 Å². The SMILES string of the molecule is N#CN1C2CCC1C(NC(=O)c1ccc3c(c1)CCN3c1nccc(C(F)(F)F)n1)C2. The van der Waals surface area contributed by atoms with Crippen molar-refractivity contribution in [3.8, 4) is 6.19 Å². The summed E-state index contributed by atoms with van der Waals surface area (Å²) in [4.78, 5) is 23.9. The van der Waals surface area contributed by atoms with Crippen LogP contribution in [0.3, 0.4) is 0 Å². The molecule has 1 aromatic heterocycles. The lowest BCUT2D eigenvalue weighted by molar-refractivity contribution is -0.141. The number of nitriles is 1. The molecule has 2 saturated heterocycles. The summed E-state index contributed by atoms with van der Waals surface area (Å²) in [5, 5.41) is 12.3. The van der Waals surface area contributed by atoms with Gasteiger partial charge in [0.15, 0.2) is 6.19 Å². The Kier molecular flexibility index (Phi) is 4.50. The van der Waals surface area contributed by atoms with Gasteiger partial charge in [-0.3, -0.25) is 4.79 Å². The number of fused-ring (bicyclic) bond motifs is 3. The molecule has 3 atom stereocenters. The topological polar surface area (TPSA) is 85.2 Å². The average molecular weight is 428 g/mol. The van der Waals surface area contributed by atoms with E-state index in [9.17, 15) is 23.2 Å². The van der Waals surface area contributed by atoms with Crippen LogP contribution < -0.4 is 10.2 Å². The van der Waals surface area contributed by atoms with Crippen LogP contribution in [0.4, 0.5) is 24.8 Å². The summed E-state index contributed by atoms with van der Waals surface area (Å²) in [6, 6.07) is 6.22. The Morgan fingerprint density at radius 1 is 1.26 bits per heavy atom. The summed E-state index contributed by atoms with van der Waals surface area (Å²) < 4.78 is 39.0. The van der Waals surface area contributed by atoms with Crippen molar-refractivity contribution in [2.24, 2.45) is 0 Å². The molecule has 0 saturated carbocycles. The van der Waals surface area contributed by atoms with E-state index in [1.54, 1.807) is 28.0 Å². The van der Waals surface area contributed by atoms with E-state index >= 15 is 0 Å². The van der Waals surface area contributed by atoms with Crippen molar-refractivity contribution in [3.05, 3.63) is 47.3 Å². The fraction of sp³-hybridized carbons (Fsp3) is 0.429. The van der Waals surface area contributed by atoms with Crippen LogP contribution in [0.5, 0.6) is 0 Å². The van der Waals surface area contributed by atoms with E-state index < -0.39 is 11.9 Å². The largest absolute Gasteiger partial charge is 0.433 e. The monoisotopic (exact) mass is 428 g/mol. The second-order valence-corrected chi connectivity index (χ2v) is 8.11. The third kappa shape index (κ3) is 3.34. The van der Waals surface area contributed by atoms with Gasteiger partial charge in [0.05, 0.1) is 12.1 Å². The van der Waals surface area contributed by atoms with Crippen LogP contribution in [0.2, 0.25) is 0 Å². The van der Waals surface area contributed by atoms with Crippen LogP contribution in [0.1, 0.15) is 40.9 Å². The maximum atomic E-state index is 13.0. The van der Waals surface area contributed by atoms with Crippen molar-refractivity contribution >= 4 is 17.5 Å². The first-order valence-electron chi connectivity index (χ1n) is 10.1. The summed E-state index contributed by atoms with van der Waals surface area (Å²) in [5.41, 5.74) is 1.07. The number of nitrogens with one attached hydrogen (secondary N) is 1. The predicted octanol–water partition coefficient (Wildman–Crippen LogP) is 3.01. The highest BCUT2D eigenvalue weighted by molar-refractivity contribution is 5.95. The zero-order chi connectivity index (χ0) is 21.8. The summed E-state index contributed by atoms with van der Waals surface area (Å²) in [6.45, 7) is 0.436. The third-order valence-corrected chi connectivity index (χ3v) is 6.38. The van der Waals surface area contributed by atoms with Crippen molar-refractivity contribution in [2.75, 3.05) is 11.4 Å². The molecular formula is C21H19F3N6O. The van der Waals surface area contributed by atoms with Gasteiger partial charge in [-0.15, -0.1) is 0 Å². The minimum absolute atomic E-state index is 0.00986. The first-order valence-corrected chi connectivity index (χ1v) is 10.1. The molecule has 160 valence electrons. The van der Waals surface area contributed by atoms with Gasteiger partial charge in [0.2, 0.25) is 5.95 Å². The first kappa shape index (κ1) is 19.6. The molecule has 2 bridgehead atoms. The minimum Gasteiger partial charge on any atom is -0.347 e. The number of anilines is 2. The van der Waals surface area contributed by atoms with E-state index in [1.807, 2.05) is 0 Å². The molecule has 31 heavy (non-hydrogen) atoms. The lowest BCUT2D eigenvalue weighted by atomic mass is 9.95. The molecule has 2 fully saturated rings. The van der Waals surface area contributed by atoms with Gasteiger partial charge in [-0.25, -0.2) is 9.97 Å². The molecule has 2 aromatic rings. The summed E-state index contributed by atoms with van der Waals surface area (Å²) in [7, 11) is 0. The van der Waals surface area contributed by atoms with Gasteiger partial charge >= 0.3 is 6.18 Å². The van der Waals surface area contributed by atoms with E-state index in [2.05, 4.69) is 21.5 Å². The quantitative estimate of drug-likeness (QED) is 0.757. The Morgan fingerprint density at radius 3 is 2.84 bits per heavy atom. The number of halogens is 3. The van der Waals surface area contributed by atoms with Crippen LogP contribution in [0.25, 0.3) is 0 Å². The number of rotatable bonds is 3. The fourth-order valence-corrected chi connectivity index (χ4v) is 4.94. The predicted molar refractivity (Wildman–Crippen MR) is 104 cm³/mol. The molecule has 3 aliphatic rings. The molecule has 5 rings (SSSR count). The zero-order valence-corrected chi connectivity index (χ0v) is 16.4. The second-order valence-electron chi connectivity index (χ2n) is 8.11. The number of alkyl halides is 3. The van der Waals surface area contributed by atoms with E-state index in [4.69, 9.17) is 0 Å². The third-order valence-electron chi connectivity index (χ3n) is 6.38. The molecule has 7 nitrogen and oxygen atoms in total. The van der Waals surface area contributed by atoms with Gasteiger partial charge in [0.1, 0.15) is 5.69 Å². The number of carbonyl (C=O) groups is 1. The lowest BCUT2D eigenvalue weighted by Gasteiger charge is -2.22. The van der Waals surface area contributed by atoms with Crippen molar-refractivity contribution in [3.63, 3.8) is 0 Å². The standard InChI is InChI=1S/C21H19F3N6O/c22-21(23,24)18-5-7-26-20(28-18)29-8-6-12-9-13(1-3-16(12)29)19(31)27-15-10-14-2-4-17(15)30(14)11-25/h1,3,5,7,9,14-15,17H,2,4,6,8,10H2,(H,27,31). The lowest BCUT2D eigenvalue weighted by Crippen LogP contribution is -2.43. The Labute approximate surface area is 176 Å². The van der Waals surface area contributed by atoms with Gasteiger partial charge in [0, 0.05) is 30.0 Å². The number of aromatic nitrogens is 2. The Bertz CT molecular complexity index is 1080. The van der Waals surface area contributed by atoms with Crippen molar-refractivity contribution in [2.45, 2.75) is 50.0 Å². The summed E-state index contributed by atoms with van der Waals surface area (Å²) in [6.07, 6.45) is 2.03. The van der Waals surface area contributed by atoms with Crippen LogP contribution in [0.15, 0.2) is 30.5 Å². The average Bonchev–Trinajstić information content (AvgIpc) is 3.44. The highest BCUT2D eigenvalue weighted by Gasteiger charge is 2.46. The van der Waals surface area contributed by atoms with Crippen LogP contribution in [0, 0.1) is 11.5 Å². The Morgan fingerprint density at radius 2 is 2.10 bits per heavy atom. The van der Waals surface area contributed by atoms with Gasteiger partial charge in [-0.1, -0.05) is 0 Å². The highest BCUT2D eigenvalue weighted by Crippen LogP contribution is 2.38. The maximum Gasteiger partial charge on any atom is 0.433 e. The molecule has 1 amide bonds.